The number of hydrogen-bond donors (Lipinski definition) is 12. The monoisotopic (exact) mass is 686 g/mol. The first-order valence-corrected chi connectivity index (χ1v) is 15.8. The Morgan fingerprint density at radius 3 is 1.62 bits per heavy atom. The van der Waals surface area contributed by atoms with Gasteiger partial charge < -0.3 is 66.1 Å². The predicted molar refractivity (Wildman–Crippen MR) is 176 cm³/mol. The summed E-state index contributed by atoms with van der Waals surface area (Å²) < 4.78 is 0. The maximum Gasteiger partial charge on any atom is 0.322 e. The van der Waals surface area contributed by atoms with Crippen molar-refractivity contribution in [3.05, 3.63) is 0 Å². The fourth-order valence-electron chi connectivity index (χ4n) is 4.25. The van der Waals surface area contributed by atoms with Crippen LogP contribution in [-0.4, -0.2) is 109 Å². The summed E-state index contributed by atoms with van der Waals surface area (Å²) in [7, 11) is 0. The van der Waals surface area contributed by atoms with E-state index in [9.17, 15) is 33.6 Å². The van der Waals surface area contributed by atoms with Gasteiger partial charge in [-0.15, -0.1) is 0 Å². The van der Waals surface area contributed by atoms with Crippen molar-refractivity contribution in [2.75, 3.05) is 26.2 Å². The highest BCUT2D eigenvalue weighted by atomic mass is 16.4. The highest BCUT2D eigenvalue weighted by Crippen LogP contribution is 2.08. The van der Waals surface area contributed by atoms with E-state index in [0.29, 0.717) is 45.2 Å². The molecule has 18 N–H and O–H groups in total. The SMILES string of the molecule is C[C@H](NC(=O)[C@H](CCCN=C(N)N)NC(=O)[C@H](CCC(N)=O)NC(=O)[C@H](CCCCN)NC(=O)[C@@H](N)CCCCN)C(=O)NCC(=O)O. The summed E-state index contributed by atoms with van der Waals surface area (Å²) in [5.41, 5.74) is 33.1. The second-order valence-corrected chi connectivity index (χ2v) is 11.2. The minimum Gasteiger partial charge on any atom is -0.480 e. The van der Waals surface area contributed by atoms with Crippen LogP contribution in [0.2, 0.25) is 0 Å². The van der Waals surface area contributed by atoms with Gasteiger partial charge >= 0.3 is 5.97 Å². The maximum atomic E-state index is 13.5. The molecule has 0 heterocycles. The summed E-state index contributed by atoms with van der Waals surface area (Å²) in [4.78, 5) is 91.3. The molecule has 6 amide bonds. The number of nitrogens with one attached hydrogen (secondary N) is 5. The van der Waals surface area contributed by atoms with Crippen molar-refractivity contribution in [2.24, 2.45) is 39.4 Å². The summed E-state index contributed by atoms with van der Waals surface area (Å²) in [5.74, 6) is -6.00. The average Bonchev–Trinajstić information content (AvgIpc) is 3.02. The summed E-state index contributed by atoms with van der Waals surface area (Å²) in [6.45, 7) is 1.51. The summed E-state index contributed by atoms with van der Waals surface area (Å²) >= 11 is 0. The Hall–Kier alpha value is -4.56. The second kappa shape index (κ2) is 24.6. The Balaban J connectivity index is 5.98. The Kier molecular flexibility index (Phi) is 22.3. The fraction of sp³-hybridized carbons (Fsp3) is 0.714. The van der Waals surface area contributed by atoms with Gasteiger partial charge in [-0.2, -0.15) is 0 Å². The normalized spacial score (nSPS) is 13.8. The lowest BCUT2D eigenvalue weighted by molar-refractivity contribution is -0.138. The molecule has 0 rings (SSSR count). The molecule has 5 atom stereocenters. The van der Waals surface area contributed by atoms with Crippen LogP contribution in [0.15, 0.2) is 4.99 Å². The summed E-state index contributed by atoms with van der Waals surface area (Å²) in [5, 5.41) is 21.0. The van der Waals surface area contributed by atoms with Crippen LogP contribution < -0.4 is 61.0 Å². The molecule has 0 unspecified atom stereocenters. The number of hydrogen-bond acceptors (Lipinski definition) is 11. The largest absolute Gasteiger partial charge is 0.480 e. The minimum atomic E-state index is -1.37. The zero-order valence-electron chi connectivity index (χ0n) is 27.5. The zero-order chi connectivity index (χ0) is 36.6. The number of carbonyl (C=O) groups excluding carboxylic acids is 6. The van der Waals surface area contributed by atoms with Crippen LogP contribution in [0, 0.1) is 0 Å². The topological polar surface area (TPSA) is 368 Å². The third kappa shape index (κ3) is 19.8. The van der Waals surface area contributed by atoms with Gasteiger partial charge in [0, 0.05) is 13.0 Å². The number of aliphatic imine (C=N–C) groups is 1. The van der Waals surface area contributed by atoms with Crippen molar-refractivity contribution in [3.8, 4) is 0 Å². The zero-order valence-corrected chi connectivity index (χ0v) is 27.5. The van der Waals surface area contributed by atoms with Gasteiger partial charge in [0.05, 0.1) is 6.04 Å². The maximum absolute atomic E-state index is 13.5. The Morgan fingerprint density at radius 1 is 0.646 bits per heavy atom. The number of guanidine groups is 1. The van der Waals surface area contributed by atoms with Crippen LogP contribution in [0.1, 0.15) is 71.1 Å². The number of aliphatic carboxylic acids is 1. The first-order chi connectivity index (χ1) is 22.6. The van der Waals surface area contributed by atoms with Crippen molar-refractivity contribution in [1.82, 2.24) is 26.6 Å². The number of amides is 6. The van der Waals surface area contributed by atoms with Gasteiger partial charge in [-0.1, -0.05) is 6.42 Å². The molecule has 0 fully saturated rings. The van der Waals surface area contributed by atoms with E-state index in [2.05, 4.69) is 31.6 Å². The van der Waals surface area contributed by atoms with E-state index in [1.807, 2.05) is 0 Å². The third-order valence-corrected chi connectivity index (χ3v) is 6.94. The number of primary amides is 1. The lowest BCUT2D eigenvalue weighted by Crippen LogP contribution is -2.58. The lowest BCUT2D eigenvalue weighted by atomic mass is 10.0. The van der Waals surface area contributed by atoms with Crippen LogP contribution in [0.3, 0.4) is 0 Å². The van der Waals surface area contributed by atoms with Crippen molar-refractivity contribution >= 4 is 47.4 Å². The lowest BCUT2D eigenvalue weighted by Gasteiger charge is -2.26. The van der Waals surface area contributed by atoms with E-state index in [1.54, 1.807) is 0 Å². The number of unbranched alkanes of at least 4 members (excludes halogenated alkanes) is 2. The van der Waals surface area contributed by atoms with E-state index >= 15 is 0 Å². The van der Waals surface area contributed by atoms with E-state index in [-0.39, 0.29) is 44.6 Å². The number of rotatable bonds is 26. The third-order valence-electron chi connectivity index (χ3n) is 6.94. The van der Waals surface area contributed by atoms with E-state index in [0.717, 1.165) is 0 Å². The number of carbonyl (C=O) groups is 7. The molecule has 0 aliphatic carbocycles. The molecule has 20 nitrogen and oxygen atoms in total. The molecule has 0 spiro atoms. The van der Waals surface area contributed by atoms with Crippen LogP contribution >= 0.6 is 0 Å². The number of nitrogens with zero attached hydrogens (tertiary/aromatic N) is 1. The number of nitrogens with two attached hydrogens (primary N) is 6. The second-order valence-electron chi connectivity index (χ2n) is 11.2. The van der Waals surface area contributed by atoms with Gasteiger partial charge in [-0.05, 0) is 71.4 Å². The van der Waals surface area contributed by atoms with Crippen molar-refractivity contribution < 1.29 is 38.7 Å². The molecule has 0 aromatic rings. The minimum absolute atomic E-state index is 0.0197. The number of carboxylic acid groups (broad SMARTS) is 1. The molecule has 0 bridgehead atoms. The van der Waals surface area contributed by atoms with Crippen molar-refractivity contribution in [3.63, 3.8) is 0 Å². The molecule has 0 aliphatic rings. The summed E-state index contributed by atoms with van der Waals surface area (Å²) in [6.07, 6.45) is 2.44. The van der Waals surface area contributed by atoms with Crippen molar-refractivity contribution in [2.45, 2.75) is 101 Å². The molecule has 0 saturated carbocycles. The van der Waals surface area contributed by atoms with Crippen molar-refractivity contribution in [1.29, 1.82) is 0 Å². The molecule has 274 valence electrons. The molecule has 0 saturated heterocycles. The fourth-order valence-corrected chi connectivity index (χ4v) is 4.25. The number of carboxylic acids is 1. The van der Waals surface area contributed by atoms with Crippen LogP contribution in [0.5, 0.6) is 0 Å². The average molecular weight is 687 g/mol. The predicted octanol–water partition coefficient (Wildman–Crippen LogP) is -4.95. The smallest absolute Gasteiger partial charge is 0.322 e. The van der Waals surface area contributed by atoms with E-state index in [4.69, 9.17) is 39.5 Å². The molecule has 0 radical (unpaired) electrons. The molecule has 48 heavy (non-hydrogen) atoms. The van der Waals surface area contributed by atoms with Gasteiger partial charge in [-0.3, -0.25) is 38.6 Å². The highest BCUT2D eigenvalue weighted by molar-refractivity contribution is 5.96. The van der Waals surface area contributed by atoms with E-state index in [1.165, 1.54) is 6.92 Å². The van der Waals surface area contributed by atoms with Gasteiger partial charge in [0.1, 0.15) is 30.7 Å². The Morgan fingerprint density at radius 2 is 1.12 bits per heavy atom. The molecule has 20 heteroatoms. The van der Waals surface area contributed by atoms with Gasteiger partial charge in [0.25, 0.3) is 0 Å². The quantitative estimate of drug-likeness (QED) is 0.0231. The standard InChI is InChI=1S/C28H54N12O8/c1-16(23(44)36-15-22(42)43)37-25(46)19(9-6-14-35-28(33)34)39-27(48)20(10-11-21(32)41)40-26(47)18(8-3-5-13-30)38-24(45)17(31)7-2-4-12-29/h16-20H,2-15,29-31H2,1H3,(H2,32,41)(H,36,44)(H,37,46)(H,38,45)(H,39,48)(H,40,47)(H,42,43)(H4,33,34,35)/t16-,17-,18-,19-,20-/m0/s1. The van der Waals surface area contributed by atoms with Crippen LogP contribution in [0.25, 0.3) is 0 Å². The van der Waals surface area contributed by atoms with Crippen LogP contribution in [0.4, 0.5) is 0 Å². The van der Waals surface area contributed by atoms with Gasteiger partial charge in [0.2, 0.25) is 35.4 Å². The molecular formula is C28H54N12O8. The van der Waals surface area contributed by atoms with E-state index < -0.39 is 78.2 Å². The first-order valence-electron chi connectivity index (χ1n) is 15.8. The highest BCUT2D eigenvalue weighted by Gasteiger charge is 2.31. The molecule has 0 aromatic heterocycles. The Labute approximate surface area is 279 Å². The van der Waals surface area contributed by atoms with Gasteiger partial charge in [0.15, 0.2) is 5.96 Å². The summed E-state index contributed by atoms with van der Waals surface area (Å²) in [6, 6.07) is -5.83. The Bertz CT molecular complexity index is 1100. The molecule has 0 aliphatic heterocycles. The van der Waals surface area contributed by atoms with Gasteiger partial charge in [-0.25, -0.2) is 0 Å². The molecular weight excluding hydrogens is 632 g/mol. The first kappa shape index (κ1) is 43.4. The molecule has 0 aromatic carbocycles. The van der Waals surface area contributed by atoms with Crippen LogP contribution in [-0.2, 0) is 33.6 Å².